The number of halogens is 1. The lowest BCUT2D eigenvalue weighted by atomic mass is 9.94. The van der Waals surface area contributed by atoms with E-state index in [2.05, 4.69) is 5.32 Å². The van der Waals surface area contributed by atoms with Gasteiger partial charge in [0.25, 0.3) is 0 Å². The summed E-state index contributed by atoms with van der Waals surface area (Å²) in [4.78, 5) is 11.3. The first-order chi connectivity index (χ1) is 11.2. The van der Waals surface area contributed by atoms with E-state index in [0.717, 1.165) is 16.7 Å². The van der Waals surface area contributed by atoms with E-state index in [1.165, 1.54) is 0 Å². The van der Waals surface area contributed by atoms with Gasteiger partial charge >= 0.3 is 5.97 Å². The molecular formula is C18H20ClNO4. The van der Waals surface area contributed by atoms with Gasteiger partial charge in [0.1, 0.15) is 12.6 Å². The third-order valence-electron chi connectivity index (χ3n) is 4.01. The molecule has 1 atom stereocenters. The predicted molar refractivity (Wildman–Crippen MR) is 93.0 cm³/mol. The first-order valence-corrected chi connectivity index (χ1v) is 7.50. The lowest BCUT2D eigenvalue weighted by Crippen LogP contribution is -2.41. The Hall–Kier alpha value is -2.24. The van der Waals surface area contributed by atoms with Gasteiger partial charge in [-0.25, -0.2) is 0 Å². The van der Waals surface area contributed by atoms with Crippen LogP contribution in [0.3, 0.4) is 0 Å². The van der Waals surface area contributed by atoms with E-state index >= 15 is 0 Å². The molecule has 3 rings (SSSR count). The monoisotopic (exact) mass is 349 g/mol. The first-order valence-electron chi connectivity index (χ1n) is 7.50. The molecule has 0 aromatic heterocycles. The summed E-state index contributed by atoms with van der Waals surface area (Å²) in [6, 6.07) is 13.1. The molecule has 0 saturated carbocycles. The lowest BCUT2D eigenvalue weighted by Gasteiger charge is -2.26. The summed E-state index contributed by atoms with van der Waals surface area (Å²) in [5.74, 6) is 0.416. The molecule has 0 bridgehead atoms. The van der Waals surface area contributed by atoms with Gasteiger partial charge in [0, 0.05) is 18.5 Å². The molecule has 0 radical (unpaired) electrons. The molecule has 1 aliphatic rings. The fourth-order valence-corrected chi connectivity index (χ4v) is 2.77. The van der Waals surface area contributed by atoms with Crippen molar-refractivity contribution in [3.63, 3.8) is 0 Å². The Morgan fingerprint density at radius 3 is 2.67 bits per heavy atom. The topological polar surface area (TPSA) is 67.8 Å². The first kappa shape index (κ1) is 18.1. The fourth-order valence-electron chi connectivity index (χ4n) is 2.77. The molecule has 1 heterocycles. The van der Waals surface area contributed by atoms with Crippen LogP contribution >= 0.6 is 12.4 Å². The third-order valence-corrected chi connectivity index (χ3v) is 4.01. The van der Waals surface area contributed by atoms with Crippen LogP contribution in [0.4, 0.5) is 0 Å². The number of aliphatic carboxylic acids is 1. The van der Waals surface area contributed by atoms with Crippen LogP contribution < -0.4 is 14.8 Å². The van der Waals surface area contributed by atoms with Crippen LogP contribution in [-0.2, 0) is 24.4 Å². The average Bonchev–Trinajstić information content (AvgIpc) is 2.59. The molecule has 24 heavy (non-hydrogen) atoms. The van der Waals surface area contributed by atoms with Crippen molar-refractivity contribution in [3.05, 3.63) is 59.2 Å². The SMILES string of the molecule is COc1ccc2c(c1OCc1ccccc1)C[C@@H](C(=O)O)NC2.Cl. The van der Waals surface area contributed by atoms with Crippen LogP contribution in [0.5, 0.6) is 11.5 Å². The highest BCUT2D eigenvalue weighted by molar-refractivity contribution is 5.85. The molecule has 2 aromatic rings. The highest BCUT2D eigenvalue weighted by atomic mass is 35.5. The highest BCUT2D eigenvalue weighted by Crippen LogP contribution is 2.36. The van der Waals surface area contributed by atoms with E-state index < -0.39 is 12.0 Å². The minimum atomic E-state index is -0.854. The van der Waals surface area contributed by atoms with E-state index in [9.17, 15) is 9.90 Å². The molecule has 1 aliphatic heterocycles. The van der Waals surface area contributed by atoms with Crippen LogP contribution in [0.25, 0.3) is 0 Å². The van der Waals surface area contributed by atoms with E-state index in [-0.39, 0.29) is 12.4 Å². The van der Waals surface area contributed by atoms with Gasteiger partial charge in [0.15, 0.2) is 11.5 Å². The molecule has 128 valence electrons. The Balaban J connectivity index is 0.00000208. The van der Waals surface area contributed by atoms with Crippen LogP contribution in [0.1, 0.15) is 16.7 Å². The molecule has 2 N–H and O–H groups in total. The van der Waals surface area contributed by atoms with Crippen molar-refractivity contribution in [2.75, 3.05) is 7.11 Å². The Kier molecular flexibility index (Phi) is 6.06. The second-order valence-corrected chi connectivity index (χ2v) is 5.48. The normalized spacial score (nSPS) is 15.8. The number of fused-ring (bicyclic) bond motifs is 1. The van der Waals surface area contributed by atoms with Gasteiger partial charge < -0.3 is 19.9 Å². The number of benzene rings is 2. The Morgan fingerprint density at radius 1 is 1.25 bits per heavy atom. The number of rotatable bonds is 5. The van der Waals surface area contributed by atoms with Crippen molar-refractivity contribution in [2.24, 2.45) is 0 Å². The number of nitrogens with one attached hydrogen (secondary N) is 1. The van der Waals surface area contributed by atoms with Crippen molar-refractivity contribution in [1.29, 1.82) is 0 Å². The van der Waals surface area contributed by atoms with E-state index in [1.807, 2.05) is 42.5 Å². The number of carboxylic acids is 1. The molecule has 0 fully saturated rings. The van der Waals surface area contributed by atoms with Crippen molar-refractivity contribution < 1.29 is 19.4 Å². The number of carboxylic acid groups (broad SMARTS) is 1. The van der Waals surface area contributed by atoms with E-state index in [0.29, 0.717) is 31.1 Å². The largest absolute Gasteiger partial charge is 0.493 e. The van der Waals surface area contributed by atoms with Gasteiger partial charge in [-0.2, -0.15) is 0 Å². The van der Waals surface area contributed by atoms with Gasteiger partial charge in [-0.3, -0.25) is 4.79 Å². The second-order valence-electron chi connectivity index (χ2n) is 5.48. The van der Waals surface area contributed by atoms with E-state index in [1.54, 1.807) is 7.11 Å². The predicted octanol–water partition coefficient (Wildman–Crippen LogP) is 2.79. The molecule has 0 aliphatic carbocycles. The lowest BCUT2D eigenvalue weighted by molar-refractivity contribution is -0.139. The van der Waals surface area contributed by atoms with Gasteiger partial charge in [-0.05, 0) is 17.2 Å². The fraction of sp³-hybridized carbons (Fsp3) is 0.278. The van der Waals surface area contributed by atoms with Crippen molar-refractivity contribution in [3.8, 4) is 11.5 Å². The standard InChI is InChI=1S/C18H19NO4.ClH/c1-22-16-8-7-13-10-19-15(18(20)21)9-14(13)17(16)23-11-12-5-3-2-4-6-12;/h2-8,15,19H,9-11H2,1H3,(H,20,21);1H/t15-;/m0./s1. The molecule has 2 aromatic carbocycles. The van der Waals surface area contributed by atoms with Gasteiger partial charge in [-0.15, -0.1) is 12.4 Å². The number of hydrogen-bond donors (Lipinski definition) is 2. The maximum absolute atomic E-state index is 11.3. The van der Waals surface area contributed by atoms with Crippen LogP contribution in [0, 0.1) is 0 Å². The highest BCUT2D eigenvalue weighted by Gasteiger charge is 2.27. The maximum atomic E-state index is 11.3. The summed E-state index contributed by atoms with van der Waals surface area (Å²) in [6.07, 6.45) is 0.381. The van der Waals surface area contributed by atoms with Crippen molar-refractivity contribution in [1.82, 2.24) is 5.32 Å². The zero-order valence-corrected chi connectivity index (χ0v) is 14.1. The summed E-state index contributed by atoms with van der Waals surface area (Å²) in [5.41, 5.74) is 3.01. The van der Waals surface area contributed by atoms with Crippen LogP contribution in [0.2, 0.25) is 0 Å². The molecule has 0 saturated heterocycles. The zero-order chi connectivity index (χ0) is 16.2. The number of methoxy groups -OCH3 is 1. The van der Waals surface area contributed by atoms with Crippen molar-refractivity contribution in [2.45, 2.75) is 25.6 Å². The number of ether oxygens (including phenoxy) is 2. The molecule has 0 amide bonds. The third kappa shape index (κ3) is 3.80. The Labute approximate surface area is 147 Å². The van der Waals surface area contributed by atoms with Gasteiger partial charge in [-0.1, -0.05) is 36.4 Å². The van der Waals surface area contributed by atoms with E-state index in [4.69, 9.17) is 9.47 Å². The molecule has 5 nitrogen and oxygen atoms in total. The second kappa shape index (κ2) is 8.04. The summed E-state index contributed by atoms with van der Waals surface area (Å²) in [7, 11) is 1.59. The number of carbonyl (C=O) groups is 1. The molecule has 0 spiro atoms. The minimum Gasteiger partial charge on any atom is -0.493 e. The zero-order valence-electron chi connectivity index (χ0n) is 13.3. The molecular weight excluding hydrogens is 330 g/mol. The molecule has 0 unspecified atom stereocenters. The number of hydrogen-bond acceptors (Lipinski definition) is 4. The Morgan fingerprint density at radius 2 is 2.00 bits per heavy atom. The molecule has 6 heteroatoms. The average molecular weight is 350 g/mol. The smallest absolute Gasteiger partial charge is 0.321 e. The van der Waals surface area contributed by atoms with Gasteiger partial charge in [0.2, 0.25) is 0 Å². The summed E-state index contributed by atoms with van der Waals surface area (Å²) in [5, 5.41) is 12.3. The van der Waals surface area contributed by atoms with Gasteiger partial charge in [0.05, 0.1) is 7.11 Å². The summed E-state index contributed by atoms with van der Waals surface area (Å²) >= 11 is 0. The quantitative estimate of drug-likeness (QED) is 0.868. The van der Waals surface area contributed by atoms with Crippen LogP contribution in [-0.4, -0.2) is 24.2 Å². The van der Waals surface area contributed by atoms with Crippen molar-refractivity contribution >= 4 is 18.4 Å². The summed E-state index contributed by atoms with van der Waals surface area (Å²) in [6.45, 7) is 0.927. The van der Waals surface area contributed by atoms with Crippen LogP contribution in [0.15, 0.2) is 42.5 Å². The summed E-state index contributed by atoms with van der Waals surface area (Å²) < 4.78 is 11.4. The minimum absolute atomic E-state index is 0. The Bertz CT molecular complexity index is 706. The maximum Gasteiger partial charge on any atom is 0.321 e.